The van der Waals surface area contributed by atoms with Crippen LogP contribution in [0.4, 0.5) is 0 Å². The van der Waals surface area contributed by atoms with Gasteiger partial charge in [0.2, 0.25) is 0 Å². The Bertz CT molecular complexity index is 383. The zero-order valence-corrected chi connectivity index (χ0v) is 6.57. The van der Waals surface area contributed by atoms with Gasteiger partial charge in [0.05, 0.1) is 16.8 Å². The van der Waals surface area contributed by atoms with Crippen molar-refractivity contribution >= 4 is 11.9 Å². The predicted molar refractivity (Wildman–Crippen MR) is 49.3 cm³/mol. The van der Waals surface area contributed by atoms with Crippen LogP contribution in [0.15, 0.2) is 46.2 Å². The highest BCUT2D eigenvalue weighted by Gasteiger charge is 2.42. The zero-order chi connectivity index (χ0) is 8.02. The molecular formula is C10H8N2. The average Bonchev–Trinajstić information content (AvgIpc) is 2.59. The molecule has 2 heterocycles. The van der Waals surface area contributed by atoms with Crippen molar-refractivity contribution in [2.45, 2.75) is 6.42 Å². The van der Waals surface area contributed by atoms with Gasteiger partial charge in [-0.3, -0.25) is 9.98 Å². The molecule has 1 spiro atoms. The van der Waals surface area contributed by atoms with Crippen molar-refractivity contribution in [3.8, 4) is 0 Å². The first-order chi connectivity index (χ1) is 5.92. The summed E-state index contributed by atoms with van der Waals surface area (Å²) in [5.74, 6) is 0. The fraction of sp³-hybridized carbons (Fsp3) is 0.200. The summed E-state index contributed by atoms with van der Waals surface area (Å²) in [6.45, 7) is 0. The predicted octanol–water partition coefficient (Wildman–Crippen LogP) is 1.87. The van der Waals surface area contributed by atoms with E-state index in [-0.39, 0.29) is 5.41 Å². The quantitative estimate of drug-likeness (QED) is 0.511. The van der Waals surface area contributed by atoms with Crippen LogP contribution in [0.2, 0.25) is 0 Å². The summed E-state index contributed by atoms with van der Waals surface area (Å²) in [6.07, 6.45) is 13.2. The summed E-state index contributed by atoms with van der Waals surface area (Å²) in [5, 5.41) is 0. The molecule has 1 unspecified atom stereocenters. The van der Waals surface area contributed by atoms with E-state index in [0.717, 1.165) is 17.8 Å². The number of hydrogen-bond acceptors (Lipinski definition) is 2. The highest BCUT2D eigenvalue weighted by Crippen LogP contribution is 2.44. The van der Waals surface area contributed by atoms with Crippen LogP contribution in [-0.2, 0) is 0 Å². The van der Waals surface area contributed by atoms with E-state index < -0.39 is 0 Å². The molecule has 58 valence electrons. The van der Waals surface area contributed by atoms with Crippen LogP contribution in [0.25, 0.3) is 0 Å². The Morgan fingerprint density at radius 2 is 2.33 bits per heavy atom. The van der Waals surface area contributed by atoms with E-state index in [1.54, 1.807) is 0 Å². The molecule has 0 N–H and O–H groups in total. The maximum atomic E-state index is 4.34. The first-order valence-corrected chi connectivity index (χ1v) is 4.09. The molecule has 2 aliphatic heterocycles. The molecule has 0 aromatic heterocycles. The standard InChI is InChI=1S/C10H8N2/c1-2-4-10-5-6-11-9(10)7-12-8(10)3-1/h1-4,6-7H,5H2. The molecule has 0 aromatic carbocycles. The topological polar surface area (TPSA) is 24.7 Å². The average molecular weight is 156 g/mol. The second kappa shape index (κ2) is 1.83. The van der Waals surface area contributed by atoms with E-state index >= 15 is 0 Å². The van der Waals surface area contributed by atoms with Crippen molar-refractivity contribution in [3.05, 3.63) is 36.2 Å². The molecule has 3 rings (SSSR count). The van der Waals surface area contributed by atoms with Gasteiger partial charge >= 0.3 is 0 Å². The molecule has 1 aliphatic carbocycles. The van der Waals surface area contributed by atoms with Gasteiger partial charge < -0.3 is 0 Å². The van der Waals surface area contributed by atoms with Crippen LogP contribution in [0, 0.1) is 5.41 Å². The van der Waals surface area contributed by atoms with Crippen molar-refractivity contribution in [2.24, 2.45) is 15.4 Å². The summed E-state index contributed by atoms with van der Waals surface area (Å²) in [6, 6.07) is 0. The van der Waals surface area contributed by atoms with Crippen LogP contribution in [0.1, 0.15) is 6.42 Å². The Balaban J connectivity index is 2.21. The van der Waals surface area contributed by atoms with E-state index in [2.05, 4.69) is 28.2 Å². The van der Waals surface area contributed by atoms with Gasteiger partial charge in [0.1, 0.15) is 0 Å². The third-order valence-electron chi connectivity index (χ3n) is 2.63. The lowest BCUT2D eigenvalue weighted by molar-refractivity contribution is 0.705. The normalized spacial score (nSPS) is 34.7. The van der Waals surface area contributed by atoms with Gasteiger partial charge in [0.15, 0.2) is 0 Å². The van der Waals surface area contributed by atoms with Gasteiger partial charge in [-0.05, 0) is 6.08 Å². The highest BCUT2D eigenvalue weighted by molar-refractivity contribution is 6.09. The number of rotatable bonds is 0. The van der Waals surface area contributed by atoms with Crippen molar-refractivity contribution < 1.29 is 0 Å². The molecule has 0 fully saturated rings. The van der Waals surface area contributed by atoms with E-state index in [0.29, 0.717) is 0 Å². The summed E-state index contributed by atoms with van der Waals surface area (Å²) in [7, 11) is 0. The SMILES string of the molecule is C1=CC2=NC=C3N=CCC32C=C1. The van der Waals surface area contributed by atoms with E-state index in [1.807, 2.05) is 18.5 Å². The first-order valence-electron chi connectivity index (χ1n) is 4.09. The highest BCUT2D eigenvalue weighted by atomic mass is 14.9. The van der Waals surface area contributed by atoms with Gasteiger partial charge in [-0.25, -0.2) is 0 Å². The maximum Gasteiger partial charge on any atom is 0.0794 e. The molecule has 0 radical (unpaired) electrons. The molecule has 0 amide bonds. The van der Waals surface area contributed by atoms with Gasteiger partial charge in [-0.15, -0.1) is 0 Å². The molecule has 0 saturated carbocycles. The van der Waals surface area contributed by atoms with Crippen molar-refractivity contribution in [2.75, 3.05) is 0 Å². The minimum absolute atomic E-state index is 0.0226. The lowest BCUT2D eigenvalue weighted by atomic mass is 9.78. The molecule has 0 saturated heterocycles. The van der Waals surface area contributed by atoms with E-state index in [4.69, 9.17) is 0 Å². The number of hydrogen-bond donors (Lipinski definition) is 0. The zero-order valence-electron chi connectivity index (χ0n) is 6.57. The van der Waals surface area contributed by atoms with Gasteiger partial charge in [0.25, 0.3) is 0 Å². The molecule has 1 atom stereocenters. The first kappa shape index (κ1) is 6.12. The summed E-state index contributed by atoms with van der Waals surface area (Å²) < 4.78 is 0. The number of aliphatic imine (C=N–C) groups is 2. The smallest absolute Gasteiger partial charge is 0.0794 e. The van der Waals surface area contributed by atoms with Crippen molar-refractivity contribution in [3.63, 3.8) is 0 Å². The third-order valence-corrected chi connectivity index (χ3v) is 2.63. The van der Waals surface area contributed by atoms with Crippen LogP contribution in [-0.4, -0.2) is 11.9 Å². The van der Waals surface area contributed by atoms with Gasteiger partial charge in [-0.2, -0.15) is 0 Å². The van der Waals surface area contributed by atoms with E-state index in [1.165, 1.54) is 0 Å². The minimum Gasteiger partial charge on any atom is -0.263 e. The monoisotopic (exact) mass is 156 g/mol. The largest absolute Gasteiger partial charge is 0.263 e. The van der Waals surface area contributed by atoms with Crippen molar-refractivity contribution in [1.29, 1.82) is 0 Å². The summed E-state index contributed by atoms with van der Waals surface area (Å²) in [4.78, 5) is 8.64. The third kappa shape index (κ3) is 0.524. The summed E-state index contributed by atoms with van der Waals surface area (Å²) >= 11 is 0. The molecule has 2 heteroatoms. The minimum atomic E-state index is 0.0226. The fourth-order valence-electron chi connectivity index (χ4n) is 1.93. The number of allylic oxidation sites excluding steroid dienone is 4. The molecule has 0 aromatic rings. The Morgan fingerprint density at radius 3 is 3.33 bits per heavy atom. The van der Waals surface area contributed by atoms with Crippen LogP contribution < -0.4 is 0 Å². The molecule has 3 aliphatic rings. The Kier molecular flexibility index (Phi) is 0.933. The molecular weight excluding hydrogens is 148 g/mol. The Labute approximate surface area is 70.7 Å². The lowest BCUT2D eigenvalue weighted by Crippen LogP contribution is -2.25. The Morgan fingerprint density at radius 1 is 1.33 bits per heavy atom. The fourth-order valence-corrected chi connectivity index (χ4v) is 1.93. The van der Waals surface area contributed by atoms with Gasteiger partial charge in [0, 0.05) is 18.8 Å². The van der Waals surface area contributed by atoms with Crippen LogP contribution in [0.5, 0.6) is 0 Å². The second-order valence-corrected chi connectivity index (χ2v) is 3.23. The van der Waals surface area contributed by atoms with Crippen LogP contribution >= 0.6 is 0 Å². The van der Waals surface area contributed by atoms with Gasteiger partial charge in [-0.1, -0.05) is 18.2 Å². The van der Waals surface area contributed by atoms with Crippen molar-refractivity contribution in [1.82, 2.24) is 0 Å². The van der Waals surface area contributed by atoms with E-state index in [9.17, 15) is 0 Å². The van der Waals surface area contributed by atoms with Crippen LogP contribution in [0.3, 0.4) is 0 Å². The summed E-state index contributed by atoms with van der Waals surface area (Å²) in [5.41, 5.74) is 2.25. The Hall–Kier alpha value is -1.44. The number of nitrogens with zero attached hydrogens (tertiary/aromatic N) is 2. The second-order valence-electron chi connectivity index (χ2n) is 3.23. The molecule has 0 bridgehead atoms. The lowest BCUT2D eigenvalue weighted by Gasteiger charge is -2.23. The maximum absolute atomic E-state index is 4.34. The molecule has 2 nitrogen and oxygen atoms in total. The molecule has 12 heavy (non-hydrogen) atoms.